The fraction of sp³-hybridized carbons (Fsp3) is 0.214. The van der Waals surface area contributed by atoms with Crippen LogP contribution in [0.25, 0.3) is 0 Å². The molecule has 0 saturated heterocycles. The van der Waals surface area contributed by atoms with Crippen LogP contribution in [0.1, 0.15) is 22.5 Å². The number of hydrogen-bond acceptors (Lipinski definition) is 2. The van der Waals surface area contributed by atoms with E-state index in [1.807, 2.05) is 18.2 Å². The first-order chi connectivity index (χ1) is 8.75. The minimum Gasteiger partial charge on any atom is -0.440 e. The van der Waals surface area contributed by atoms with Crippen molar-refractivity contribution in [2.24, 2.45) is 0 Å². The van der Waals surface area contributed by atoms with Crippen LogP contribution in [0, 0.1) is 0 Å². The molecule has 0 aliphatic rings. The lowest BCUT2D eigenvalue weighted by atomic mass is 10.1. The molecule has 3 nitrogen and oxygen atoms in total. The van der Waals surface area contributed by atoms with Crippen molar-refractivity contribution < 1.29 is 9.21 Å². The first-order valence-corrected chi connectivity index (χ1v) is 6.21. The third-order valence-electron chi connectivity index (χ3n) is 2.57. The van der Waals surface area contributed by atoms with Crippen LogP contribution in [0.3, 0.4) is 0 Å². The van der Waals surface area contributed by atoms with Gasteiger partial charge in [0.2, 0.25) is 0 Å². The third kappa shape index (κ3) is 3.64. The van der Waals surface area contributed by atoms with Gasteiger partial charge in [0.25, 0.3) is 5.91 Å². The van der Waals surface area contributed by atoms with Crippen molar-refractivity contribution in [2.75, 3.05) is 6.54 Å². The van der Waals surface area contributed by atoms with Crippen molar-refractivity contribution in [1.82, 2.24) is 5.32 Å². The van der Waals surface area contributed by atoms with Gasteiger partial charge in [0.15, 0.2) is 11.0 Å². The van der Waals surface area contributed by atoms with E-state index in [2.05, 4.69) is 17.4 Å². The van der Waals surface area contributed by atoms with Gasteiger partial charge in [-0.3, -0.25) is 4.79 Å². The zero-order chi connectivity index (χ0) is 12.8. The molecule has 2 aromatic rings. The SMILES string of the molecule is O=C(NCCCc1ccccc1)c1ccc(Cl)o1. The van der Waals surface area contributed by atoms with Crippen molar-refractivity contribution in [1.29, 1.82) is 0 Å². The quantitative estimate of drug-likeness (QED) is 0.841. The number of rotatable bonds is 5. The van der Waals surface area contributed by atoms with Crippen LogP contribution >= 0.6 is 11.6 Å². The molecule has 94 valence electrons. The van der Waals surface area contributed by atoms with E-state index < -0.39 is 0 Å². The monoisotopic (exact) mass is 263 g/mol. The summed E-state index contributed by atoms with van der Waals surface area (Å²) in [5.41, 5.74) is 1.27. The standard InChI is InChI=1S/C14H14ClNO2/c15-13-9-8-12(18-13)14(17)16-10-4-7-11-5-2-1-3-6-11/h1-3,5-6,8-9H,4,7,10H2,(H,16,17). The van der Waals surface area contributed by atoms with Gasteiger partial charge in [-0.05, 0) is 42.1 Å². The topological polar surface area (TPSA) is 42.2 Å². The number of benzene rings is 1. The molecular formula is C14H14ClNO2. The number of carbonyl (C=O) groups is 1. The first-order valence-electron chi connectivity index (χ1n) is 5.83. The van der Waals surface area contributed by atoms with E-state index in [0.717, 1.165) is 12.8 Å². The second-order valence-corrected chi connectivity index (χ2v) is 4.32. The highest BCUT2D eigenvalue weighted by molar-refractivity contribution is 6.29. The van der Waals surface area contributed by atoms with Crippen LogP contribution in [-0.4, -0.2) is 12.5 Å². The summed E-state index contributed by atoms with van der Waals surface area (Å²) in [6.45, 7) is 0.617. The van der Waals surface area contributed by atoms with E-state index in [0.29, 0.717) is 6.54 Å². The molecule has 4 heteroatoms. The average molecular weight is 264 g/mol. The minimum atomic E-state index is -0.227. The molecule has 1 heterocycles. The van der Waals surface area contributed by atoms with Crippen LogP contribution in [0.4, 0.5) is 0 Å². The predicted octanol–water partition coefficient (Wildman–Crippen LogP) is 3.30. The Labute approximate surface area is 111 Å². The van der Waals surface area contributed by atoms with Gasteiger partial charge in [-0.25, -0.2) is 0 Å². The minimum absolute atomic E-state index is 0.226. The smallest absolute Gasteiger partial charge is 0.287 e. The van der Waals surface area contributed by atoms with Crippen molar-refractivity contribution >= 4 is 17.5 Å². The molecule has 0 saturated carbocycles. The van der Waals surface area contributed by atoms with E-state index in [9.17, 15) is 4.79 Å². The van der Waals surface area contributed by atoms with Gasteiger partial charge < -0.3 is 9.73 Å². The summed E-state index contributed by atoms with van der Waals surface area (Å²) in [5, 5.41) is 3.02. The summed E-state index contributed by atoms with van der Waals surface area (Å²) in [6.07, 6.45) is 1.84. The largest absolute Gasteiger partial charge is 0.440 e. The number of hydrogen-bond donors (Lipinski definition) is 1. The maximum Gasteiger partial charge on any atom is 0.287 e. The van der Waals surface area contributed by atoms with Gasteiger partial charge in [-0.15, -0.1) is 0 Å². The summed E-state index contributed by atoms with van der Waals surface area (Å²) in [4.78, 5) is 11.6. The van der Waals surface area contributed by atoms with Crippen LogP contribution in [0.5, 0.6) is 0 Å². The van der Waals surface area contributed by atoms with Gasteiger partial charge in [0.1, 0.15) is 0 Å². The molecule has 1 aromatic carbocycles. The number of furan rings is 1. The Bertz CT molecular complexity index is 508. The summed E-state index contributed by atoms with van der Waals surface area (Å²) < 4.78 is 5.01. The van der Waals surface area contributed by atoms with Crippen molar-refractivity contribution in [3.63, 3.8) is 0 Å². The summed E-state index contributed by atoms with van der Waals surface area (Å²) in [6, 6.07) is 13.3. The Balaban J connectivity index is 1.71. The average Bonchev–Trinajstić information content (AvgIpc) is 2.82. The second-order valence-electron chi connectivity index (χ2n) is 3.95. The Morgan fingerprint density at radius 3 is 2.61 bits per heavy atom. The predicted molar refractivity (Wildman–Crippen MR) is 70.8 cm³/mol. The Hall–Kier alpha value is -1.74. The zero-order valence-electron chi connectivity index (χ0n) is 9.86. The van der Waals surface area contributed by atoms with Crippen LogP contribution < -0.4 is 5.32 Å². The Morgan fingerprint density at radius 2 is 1.94 bits per heavy atom. The van der Waals surface area contributed by atoms with E-state index in [-0.39, 0.29) is 16.9 Å². The lowest BCUT2D eigenvalue weighted by Gasteiger charge is -2.03. The molecule has 0 radical (unpaired) electrons. The molecule has 0 spiro atoms. The molecule has 1 N–H and O–H groups in total. The van der Waals surface area contributed by atoms with Gasteiger partial charge in [0, 0.05) is 6.54 Å². The van der Waals surface area contributed by atoms with E-state index in [4.69, 9.17) is 16.0 Å². The molecule has 0 aliphatic heterocycles. The van der Waals surface area contributed by atoms with E-state index in [1.165, 1.54) is 5.56 Å². The maximum absolute atomic E-state index is 11.6. The van der Waals surface area contributed by atoms with E-state index in [1.54, 1.807) is 12.1 Å². The normalized spacial score (nSPS) is 10.3. The van der Waals surface area contributed by atoms with Gasteiger partial charge >= 0.3 is 0 Å². The van der Waals surface area contributed by atoms with Crippen molar-refractivity contribution in [3.05, 3.63) is 59.0 Å². The van der Waals surface area contributed by atoms with Crippen LogP contribution in [0.2, 0.25) is 5.22 Å². The van der Waals surface area contributed by atoms with Gasteiger partial charge in [-0.1, -0.05) is 30.3 Å². The van der Waals surface area contributed by atoms with E-state index >= 15 is 0 Å². The molecule has 0 unspecified atom stereocenters. The summed E-state index contributed by atoms with van der Waals surface area (Å²) >= 11 is 5.60. The molecule has 1 aromatic heterocycles. The molecule has 0 atom stereocenters. The van der Waals surface area contributed by atoms with Gasteiger partial charge in [0.05, 0.1) is 0 Å². The molecule has 2 rings (SSSR count). The number of halogens is 1. The van der Waals surface area contributed by atoms with Crippen molar-refractivity contribution in [3.8, 4) is 0 Å². The fourth-order valence-electron chi connectivity index (χ4n) is 1.66. The summed E-state index contributed by atoms with van der Waals surface area (Å²) in [7, 11) is 0. The number of carbonyl (C=O) groups excluding carboxylic acids is 1. The zero-order valence-corrected chi connectivity index (χ0v) is 10.6. The molecule has 0 aliphatic carbocycles. The van der Waals surface area contributed by atoms with Crippen LogP contribution in [-0.2, 0) is 6.42 Å². The second kappa shape index (κ2) is 6.26. The van der Waals surface area contributed by atoms with Crippen LogP contribution in [0.15, 0.2) is 46.9 Å². The number of nitrogens with one attached hydrogen (secondary N) is 1. The lowest BCUT2D eigenvalue weighted by molar-refractivity contribution is 0.0925. The van der Waals surface area contributed by atoms with Crippen molar-refractivity contribution in [2.45, 2.75) is 12.8 Å². The molecule has 1 amide bonds. The highest BCUT2D eigenvalue weighted by Crippen LogP contribution is 2.12. The number of aryl methyl sites for hydroxylation is 1. The Kier molecular flexibility index (Phi) is 4.42. The maximum atomic E-state index is 11.6. The Morgan fingerprint density at radius 1 is 1.17 bits per heavy atom. The molecule has 0 fully saturated rings. The van der Waals surface area contributed by atoms with Gasteiger partial charge in [-0.2, -0.15) is 0 Å². The highest BCUT2D eigenvalue weighted by Gasteiger charge is 2.09. The molecule has 0 bridgehead atoms. The first kappa shape index (κ1) is 12.7. The fourth-order valence-corrected chi connectivity index (χ4v) is 1.81. The third-order valence-corrected chi connectivity index (χ3v) is 2.77. The highest BCUT2D eigenvalue weighted by atomic mass is 35.5. The summed E-state index contributed by atoms with van der Waals surface area (Å²) in [5.74, 6) is 0.0228. The molecular weight excluding hydrogens is 250 g/mol. The lowest BCUT2D eigenvalue weighted by Crippen LogP contribution is -2.24. The molecule has 18 heavy (non-hydrogen) atoms. The number of amides is 1.